The summed E-state index contributed by atoms with van der Waals surface area (Å²) in [6.45, 7) is 0. The van der Waals surface area contributed by atoms with Gasteiger partial charge in [0.15, 0.2) is 0 Å². The molecule has 1 aliphatic rings. The van der Waals surface area contributed by atoms with E-state index in [4.69, 9.17) is 0 Å². The van der Waals surface area contributed by atoms with Crippen LogP contribution in [-0.4, -0.2) is 0 Å². The van der Waals surface area contributed by atoms with E-state index in [1.165, 1.54) is 0 Å². The van der Waals surface area contributed by atoms with Crippen LogP contribution in [0.1, 0.15) is 0 Å². The van der Waals surface area contributed by atoms with Crippen molar-refractivity contribution in [1.29, 1.82) is 0 Å². The second-order valence-corrected chi connectivity index (χ2v) is 0.487. The molecule has 3 nitrogen and oxygen atoms in total. The van der Waals surface area contributed by atoms with E-state index in [1.807, 2.05) is 0 Å². The maximum atomic E-state index is 4.04. The quantitative estimate of drug-likeness (QED) is 0.387. The average Bonchev–Trinajstić information content (AvgIpc) is 1.76. The minimum absolute atomic E-state index is 2.14. The molecule has 0 aromatic carbocycles. The smallest absolute Gasteiger partial charge is 0.138 e. The molecule has 1 heterocycles. The molecule has 0 fully saturated rings. The van der Waals surface area contributed by atoms with Crippen LogP contribution in [0.5, 0.6) is 0 Å². The molecule has 1 aliphatic heterocycles. The number of rotatable bonds is 0. The van der Waals surface area contributed by atoms with Crippen LogP contribution in [0.15, 0.2) is 5.11 Å². The van der Waals surface area contributed by atoms with Gasteiger partial charge in [-0.05, 0) is 0 Å². The van der Waals surface area contributed by atoms with E-state index in [9.17, 15) is 0 Å². The van der Waals surface area contributed by atoms with Crippen molar-refractivity contribution in [3.63, 3.8) is 0 Å². The first kappa shape index (κ1) is 2.38. The molecule has 0 aromatic rings. The lowest BCUT2D eigenvalue weighted by Crippen LogP contribution is -1.69. The van der Waals surface area contributed by atoms with Crippen LogP contribution in [0.2, 0.25) is 0 Å². The van der Waals surface area contributed by atoms with Gasteiger partial charge in [0, 0.05) is 0 Å². The largest absolute Gasteiger partial charge is 0.468 e. The second kappa shape index (κ2) is 0.839. The highest BCUT2D eigenvalue weighted by Crippen LogP contribution is 1.75. The van der Waals surface area contributed by atoms with E-state index in [0.29, 0.717) is 0 Å². The summed E-state index contributed by atoms with van der Waals surface area (Å²) in [6.07, 6.45) is 4.35. The SMILES string of the molecule is [C]1=[C]O[N+]=N1. The Hall–Kier alpha value is -0.860. The van der Waals surface area contributed by atoms with Crippen LogP contribution >= 0.6 is 0 Å². The van der Waals surface area contributed by atoms with Crippen LogP contribution in [-0.2, 0) is 4.84 Å². The predicted molar refractivity (Wildman–Crippen MR) is 12.1 cm³/mol. The molecule has 23 valence electrons. The van der Waals surface area contributed by atoms with E-state index < -0.39 is 0 Å². The second-order valence-electron chi connectivity index (χ2n) is 0.487. The molecule has 0 N–H and O–H groups in total. The maximum Gasteiger partial charge on any atom is 0.468 e. The third-order valence-electron chi connectivity index (χ3n) is 0.223. The first-order chi connectivity index (χ1) is 2.50. The molecule has 0 unspecified atom stereocenters. The van der Waals surface area contributed by atoms with Gasteiger partial charge in [-0.15, -0.1) is 4.84 Å². The van der Waals surface area contributed by atoms with Crippen LogP contribution in [0.25, 0.3) is 0 Å². The van der Waals surface area contributed by atoms with Gasteiger partial charge in [-0.3, -0.25) is 0 Å². The molecule has 3 radical (unpaired) electrons. The van der Waals surface area contributed by atoms with Gasteiger partial charge >= 0.3 is 11.5 Å². The highest BCUT2D eigenvalue weighted by molar-refractivity contribution is 4.47. The van der Waals surface area contributed by atoms with E-state index in [1.54, 1.807) is 0 Å². The van der Waals surface area contributed by atoms with Crippen molar-refractivity contribution in [2.24, 2.45) is 5.11 Å². The van der Waals surface area contributed by atoms with Crippen molar-refractivity contribution in [2.75, 3.05) is 0 Å². The zero-order valence-electron chi connectivity index (χ0n) is 2.30. The van der Waals surface area contributed by atoms with Crippen molar-refractivity contribution in [3.8, 4) is 0 Å². The van der Waals surface area contributed by atoms with Crippen LogP contribution in [0.4, 0.5) is 0 Å². The average molecular weight is 68.0 g/mol. The first-order valence-corrected chi connectivity index (χ1v) is 1.06. The molecule has 0 aliphatic carbocycles. The monoisotopic (exact) mass is 68.0 g/mol. The van der Waals surface area contributed by atoms with Gasteiger partial charge in [0.25, 0.3) is 0 Å². The molecule has 0 spiro atoms. The summed E-state index contributed by atoms with van der Waals surface area (Å²) in [5.41, 5.74) is 0. The first-order valence-electron chi connectivity index (χ1n) is 1.06. The Morgan fingerprint density at radius 1 is 1.80 bits per heavy atom. The lowest BCUT2D eigenvalue weighted by atomic mass is 11.0. The molecule has 0 amide bonds. The Balaban J connectivity index is 2.61. The maximum absolute atomic E-state index is 4.04. The summed E-state index contributed by atoms with van der Waals surface area (Å²) in [5, 5.41) is 6.11. The topological polar surface area (TPSA) is 35.7 Å². The molecular weight excluding hydrogens is 68.0 g/mol. The summed E-state index contributed by atoms with van der Waals surface area (Å²) in [7, 11) is 0. The Labute approximate surface area is 28.9 Å². The lowest BCUT2D eigenvalue weighted by Gasteiger charge is -1.40. The fourth-order valence-electron chi connectivity index (χ4n) is 0.102. The molecular formula is C2N2O+. The highest BCUT2D eigenvalue weighted by Gasteiger charge is 1.97. The van der Waals surface area contributed by atoms with E-state index in [0.717, 1.165) is 0 Å². The van der Waals surface area contributed by atoms with Crippen molar-refractivity contribution >= 4 is 0 Å². The lowest BCUT2D eigenvalue weighted by molar-refractivity contribution is 0.180. The Bertz CT molecular complexity index is 65.7. The Morgan fingerprint density at radius 2 is 2.80 bits per heavy atom. The zero-order valence-corrected chi connectivity index (χ0v) is 2.30. The van der Waals surface area contributed by atoms with Gasteiger partial charge in [-0.2, -0.15) is 0 Å². The molecule has 0 saturated carbocycles. The van der Waals surface area contributed by atoms with Gasteiger partial charge in [0.05, 0.1) is 0 Å². The van der Waals surface area contributed by atoms with Gasteiger partial charge < -0.3 is 0 Å². The number of nitrogens with zero attached hydrogens (tertiary/aromatic N) is 2. The molecule has 0 saturated heterocycles. The van der Waals surface area contributed by atoms with Crippen LogP contribution in [0, 0.1) is 12.5 Å². The standard InChI is InChI=1S/C2N2O/c1-2-5-4-3-1/q+1. The summed E-state index contributed by atoms with van der Waals surface area (Å²) in [4.78, 5) is 4.04. The molecule has 0 bridgehead atoms. The molecule has 0 aromatic heterocycles. The van der Waals surface area contributed by atoms with Gasteiger partial charge in [-0.1, -0.05) is 0 Å². The summed E-state index contributed by atoms with van der Waals surface area (Å²) in [5.74, 6) is 0. The number of hydrogen-bond donors (Lipinski definition) is 0. The minimum Gasteiger partial charge on any atom is -0.138 e. The Kier molecular flexibility index (Phi) is 0.400. The molecule has 0 atom stereocenters. The van der Waals surface area contributed by atoms with Gasteiger partial charge in [0.2, 0.25) is 6.20 Å². The summed E-state index contributed by atoms with van der Waals surface area (Å²) < 4.78 is 0. The van der Waals surface area contributed by atoms with Gasteiger partial charge in [-0.25, -0.2) is 0 Å². The van der Waals surface area contributed by atoms with E-state index in [2.05, 4.69) is 27.7 Å². The summed E-state index contributed by atoms with van der Waals surface area (Å²) in [6, 6.07) is 0. The van der Waals surface area contributed by atoms with Crippen molar-refractivity contribution in [2.45, 2.75) is 0 Å². The normalized spacial score (nSPS) is 16.0. The van der Waals surface area contributed by atoms with Crippen LogP contribution < -0.4 is 5.28 Å². The predicted octanol–water partition coefficient (Wildman–Crippen LogP) is -0.203. The van der Waals surface area contributed by atoms with Crippen molar-refractivity contribution < 1.29 is 4.84 Å². The van der Waals surface area contributed by atoms with Crippen molar-refractivity contribution in [3.05, 3.63) is 12.5 Å². The zero-order chi connectivity index (χ0) is 3.54. The van der Waals surface area contributed by atoms with E-state index in [-0.39, 0.29) is 0 Å². The minimum atomic E-state index is 2.14. The third kappa shape index (κ3) is 0.238. The highest BCUT2D eigenvalue weighted by atomic mass is 16.6. The Morgan fingerprint density at radius 3 is 3.00 bits per heavy atom. The molecule has 1 rings (SSSR count). The number of hydrogen-bond acceptors (Lipinski definition) is 3. The summed E-state index contributed by atoms with van der Waals surface area (Å²) >= 11 is 0. The molecule has 5 heavy (non-hydrogen) atoms. The molecule has 3 heteroatoms. The third-order valence-corrected chi connectivity index (χ3v) is 0.223. The van der Waals surface area contributed by atoms with Gasteiger partial charge in [0.1, 0.15) is 5.11 Å². The fraction of sp³-hybridized carbons (Fsp3) is 0. The fourth-order valence-corrected chi connectivity index (χ4v) is 0.102. The van der Waals surface area contributed by atoms with Crippen molar-refractivity contribution in [1.82, 2.24) is 5.28 Å². The van der Waals surface area contributed by atoms with E-state index >= 15 is 0 Å². The van der Waals surface area contributed by atoms with Crippen LogP contribution in [0.3, 0.4) is 0 Å².